The van der Waals surface area contributed by atoms with Crippen LogP contribution in [0.1, 0.15) is 43.8 Å². The number of sulfonamides is 1. The van der Waals surface area contributed by atoms with Gasteiger partial charge in [-0.3, -0.25) is 4.79 Å². The number of nitrogens with two attached hydrogens (primary N) is 1. The molecule has 0 saturated heterocycles. The van der Waals surface area contributed by atoms with Crippen molar-refractivity contribution in [3.8, 4) is 17.1 Å². The molecule has 0 aliphatic carbocycles. The summed E-state index contributed by atoms with van der Waals surface area (Å²) in [5, 5.41) is 18.3. The van der Waals surface area contributed by atoms with Crippen LogP contribution in [0.2, 0.25) is 0 Å². The second-order valence-electron chi connectivity index (χ2n) is 8.38. The fourth-order valence-corrected chi connectivity index (χ4v) is 4.36. The van der Waals surface area contributed by atoms with Crippen molar-refractivity contribution in [1.82, 2.24) is 19.6 Å². The fraction of sp³-hybridized carbons (Fsp3) is 0.346. The van der Waals surface area contributed by atoms with Crippen LogP contribution in [0.25, 0.3) is 16.9 Å². The lowest BCUT2D eigenvalue weighted by Crippen LogP contribution is -2.16. The van der Waals surface area contributed by atoms with Crippen LogP contribution in [0.4, 0.5) is 0 Å². The minimum atomic E-state index is -3.92. The SMILES string of the molecule is CCCc1nc(C)c2c(=O)[nH]c(-c3cc(S(N)(=O)=O)ccc3OCC)nn12.OCCCc1ccccc1. The highest BCUT2D eigenvalue weighted by molar-refractivity contribution is 7.89. The van der Waals surface area contributed by atoms with Crippen molar-refractivity contribution < 1.29 is 18.3 Å². The van der Waals surface area contributed by atoms with Crippen molar-refractivity contribution >= 4 is 15.5 Å². The molecule has 0 aliphatic heterocycles. The molecular weight excluding hydrogens is 494 g/mol. The van der Waals surface area contributed by atoms with E-state index in [9.17, 15) is 13.2 Å². The molecule has 2 aromatic heterocycles. The number of nitrogens with zero attached hydrogens (tertiary/aromatic N) is 3. The van der Waals surface area contributed by atoms with Crippen LogP contribution in [0.3, 0.4) is 0 Å². The molecule has 0 unspecified atom stereocenters. The molecule has 11 heteroatoms. The largest absolute Gasteiger partial charge is 0.493 e. The number of ether oxygens (including phenoxy) is 1. The molecule has 37 heavy (non-hydrogen) atoms. The first kappa shape index (κ1) is 28.0. The maximum absolute atomic E-state index is 12.6. The Balaban J connectivity index is 0.000000319. The Hall–Kier alpha value is -3.54. The lowest BCUT2D eigenvalue weighted by Gasteiger charge is -2.11. The van der Waals surface area contributed by atoms with Crippen molar-refractivity contribution in [3.05, 3.63) is 76.0 Å². The average Bonchev–Trinajstić information content (AvgIpc) is 3.19. The zero-order chi connectivity index (χ0) is 27.0. The molecule has 0 aliphatic rings. The van der Waals surface area contributed by atoms with E-state index in [4.69, 9.17) is 15.0 Å². The number of H-pyrrole nitrogens is 1. The molecule has 198 valence electrons. The third-order valence-electron chi connectivity index (χ3n) is 5.52. The molecule has 0 bridgehead atoms. The molecule has 4 rings (SSSR count). The highest BCUT2D eigenvalue weighted by Gasteiger charge is 2.19. The smallest absolute Gasteiger partial charge is 0.277 e. The number of hydrogen-bond acceptors (Lipinski definition) is 7. The molecule has 0 spiro atoms. The second-order valence-corrected chi connectivity index (χ2v) is 9.94. The maximum Gasteiger partial charge on any atom is 0.277 e. The van der Waals surface area contributed by atoms with Gasteiger partial charge in [-0.15, -0.1) is 5.10 Å². The molecule has 10 nitrogen and oxygen atoms in total. The van der Waals surface area contributed by atoms with Gasteiger partial charge < -0.3 is 14.8 Å². The number of benzene rings is 2. The normalized spacial score (nSPS) is 11.3. The van der Waals surface area contributed by atoms with Gasteiger partial charge >= 0.3 is 0 Å². The molecule has 0 atom stereocenters. The first-order valence-electron chi connectivity index (χ1n) is 12.1. The number of primary sulfonamides is 1. The molecule has 2 aromatic carbocycles. The van der Waals surface area contributed by atoms with E-state index < -0.39 is 10.0 Å². The highest BCUT2D eigenvalue weighted by atomic mass is 32.2. The Morgan fingerprint density at radius 1 is 1.11 bits per heavy atom. The van der Waals surface area contributed by atoms with Crippen LogP contribution in [0, 0.1) is 6.92 Å². The topological polar surface area (TPSA) is 153 Å². The van der Waals surface area contributed by atoms with E-state index in [1.807, 2.05) is 25.1 Å². The van der Waals surface area contributed by atoms with Crippen molar-refractivity contribution in [2.45, 2.75) is 51.3 Å². The van der Waals surface area contributed by atoms with Gasteiger partial charge in [0.05, 0.1) is 22.8 Å². The Bertz CT molecular complexity index is 1500. The van der Waals surface area contributed by atoms with E-state index in [2.05, 4.69) is 27.2 Å². The van der Waals surface area contributed by atoms with Gasteiger partial charge in [0.15, 0.2) is 11.3 Å². The van der Waals surface area contributed by atoms with Gasteiger partial charge in [0, 0.05) is 13.0 Å². The number of aryl methyl sites for hydroxylation is 3. The number of aliphatic hydroxyl groups excluding tert-OH is 1. The summed E-state index contributed by atoms with van der Waals surface area (Å²) in [4.78, 5) is 19.6. The Morgan fingerprint density at radius 2 is 1.84 bits per heavy atom. The Labute approximate surface area is 216 Å². The van der Waals surface area contributed by atoms with Crippen LogP contribution in [0.5, 0.6) is 5.75 Å². The Kier molecular flexibility index (Phi) is 9.56. The van der Waals surface area contributed by atoms with Gasteiger partial charge in [-0.05, 0) is 56.9 Å². The van der Waals surface area contributed by atoms with E-state index >= 15 is 0 Å². The summed E-state index contributed by atoms with van der Waals surface area (Å²) in [7, 11) is -3.92. The lowest BCUT2D eigenvalue weighted by atomic mass is 10.1. The number of rotatable bonds is 9. The molecule has 4 N–H and O–H groups in total. The molecule has 0 saturated carbocycles. The van der Waals surface area contributed by atoms with Gasteiger partial charge in [0.25, 0.3) is 5.56 Å². The number of aromatic nitrogens is 4. The predicted molar refractivity (Wildman–Crippen MR) is 142 cm³/mol. The molecule has 0 fully saturated rings. The van der Waals surface area contributed by atoms with E-state index in [-0.39, 0.29) is 22.9 Å². The molecule has 2 heterocycles. The third kappa shape index (κ3) is 7.03. The number of imidazole rings is 1. The summed E-state index contributed by atoms with van der Waals surface area (Å²) in [6.45, 7) is 6.20. The van der Waals surface area contributed by atoms with Crippen molar-refractivity contribution in [2.75, 3.05) is 13.2 Å². The third-order valence-corrected chi connectivity index (χ3v) is 6.43. The van der Waals surface area contributed by atoms with Gasteiger partial charge in [-0.1, -0.05) is 37.3 Å². The maximum atomic E-state index is 12.6. The van der Waals surface area contributed by atoms with Gasteiger partial charge in [-0.2, -0.15) is 0 Å². The predicted octanol–water partition coefficient (Wildman–Crippen LogP) is 3.00. The number of fused-ring (bicyclic) bond motifs is 1. The molecule has 0 radical (unpaired) electrons. The molecule has 4 aromatic rings. The Morgan fingerprint density at radius 3 is 2.46 bits per heavy atom. The molecular formula is C26H33N5O5S. The van der Waals surface area contributed by atoms with E-state index in [1.54, 1.807) is 13.8 Å². The monoisotopic (exact) mass is 527 g/mol. The first-order chi connectivity index (χ1) is 17.7. The standard InChI is InChI=1S/C17H21N5O4S.C9H12O/c1-4-6-14-19-10(3)15-17(23)20-16(21-22(14)15)12-9-11(27(18,24)25)7-8-13(12)26-5-2;10-8-4-7-9-5-2-1-3-6-9/h7-9H,4-6H2,1-3H3,(H2,18,24,25)(H,20,21,23);1-3,5-6,10H,4,7-8H2. The molecule has 0 amide bonds. The fourth-order valence-electron chi connectivity index (χ4n) is 3.82. The summed E-state index contributed by atoms with van der Waals surface area (Å²) in [6.07, 6.45) is 3.34. The summed E-state index contributed by atoms with van der Waals surface area (Å²) < 4.78 is 30.6. The quantitative estimate of drug-likeness (QED) is 0.302. The second kappa shape index (κ2) is 12.6. The van der Waals surface area contributed by atoms with Gasteiger partial charge in [0.1, 0.15) is 11.6 Å². The zero-order valence-electron chi connectivity index (χ0n) is 21.3. The lowest BCUT2D eigenvalue weighted by molar-refractivity contribution is 0.288. The van der Waals surface area contributed by atoms with Crippen LogP contribution in [0.15, 0.2) is 58.2 Å². The highest BCUT2D eigenvalue weighted by Crippen LogP contribution is 2.30. The minimum absolute atomic E-state index is 0.0979. The van der Waals surface area contributed by atoms with Crippen molar-refractivity contribution in [2.24, 2.45) is 5.14 Å². The number of aliphatic hydroxyl groups is 1. The van der Waals surface area contributed by atoms with E-state index in [0.717, 1.165) is 19.3 Å². The first-order valence-corrected chi connectivity index (χ1v) is 13.7. The number of aromatic amines is 1. The summed E-state index contributed by atoms with van der Waals surface area (Å²) in [5.74, 6) is 1.23. The summed E-state index contributed by atoms with van der Waals surface area (Å²) >= 11 is 0. The van der Waals surface area contributed by atoms with Crippen LogP contribution < -0.4 is 15.4 Å². The van der Waals surface area contributed by atoms with Crippen molar-refractivity contribution in [3.63, 3.8) is 0 Å². The van der Waals surface area contributed by atoms with Gasteiger partial charge in [0.2, 0.25) is 10.0 Å². The van der Waals surface area contributed by atoms with E-state index in [0.29, 0.717) is 41.4 Å². The van der Waals surface area contributed by atoms with Crippen molar-refractivity contribution in [1.29, 1.82) is 0 Å². The number of nitrogens with one attached hydrogen (secondary N) is 1. The van der Waals surface area contributed by atoms with Gasteiger partial charge in [-0.25, -0.2) is 23.1 Å². The van der Waals surface area contributed by atoms with Crippen LogP contribution in [-0.2, 0) is 22.9 Å². The average molecular weight is 528 g/mol. The summed E-state index contributed by atoms with van der Waals surface area (Å²) in [6, 6.07) is 14.4. The number of hydrogen-bond donors (Lipinski definition) is 3. The minimum Gasteiger partial charge on any atom is -0.493 e. The van der Waals surface area contributed by atoms with Crippen LogP contribution >= 0.6 is 0 Å². The van der Waals surface area contributed by atoms with Crippen LogP contribution in [-0.4, -0.2) is 46.3 Å². The zero-order valence-corrected chi connectivity index (χ0v) is 22.1. The van der Waals surface area contributed by atoms with E-state index in [1.165, 1.54) is 28.3 Å². The summed E-state index contributed by atoms with van der Waals surface area (Å²) in [5.41, 5.74) is 2.22.